The lowest BCUT2D eigenvalue weighted by atomic mass is 10.1. The van der Waals surface area contributed by atoms with Crippen molar-refractivity contribution in [1.82, 2.24) is 4.98 Å². The van der Waals surface area contributed by atoms with Crippen LogP contribution in [0.5, 0.6) is 0 Å². The van der Waals surface area contributed by atoms with Gasteiger partial charge in [-0.15, -0.1) is 11.3 Å². The molecule has 1 amide bonds. The number of nitrogens with one attached hydrogen (secondary N) is 1. The fourth-order valence-corrected chi connectivity index (χ4v) is 2.39. The zero-order chi connectivity index (χ0) is 14.5. The minimum absolute atomic E-state index is 0.147. The van der Waals surface area contributed by atoms with Gasteiger partial charge < -0.3 is 11.1 Å². The number of aryl methyl sites for hydroxylation is 2. The number of hydrogen-bond donors (Lipinski definition) is 2. The molecule has 0 radical (unpaired) electrons. The Hall–Kier alpha value is -2.16. The molecule has 2 aromatic rings. The van der Waals surface area contributed by atoms with Crippen LogP contribution in [-0.4, -0.2) is 17.4 Å². The molecule has 0 aliphatic carbocycles. The van der Waals surface area contributed by atoms with E-state index >= 15 is 0 Å². The normalized spacial score (nSPS) is 9.75. The van der Waals surface area contributed by atoms with Crippen molar-refractivity contribution in [1.29, 1.82) is 0 Å². The minimum Gasteiger partial charge on any atom is -0.321 e. The van der Waals surface area contributed by atoms with Gasteiger partial charge in [-0.25, -0.2) is 4.98 Å². The molecule has 1 aromatic heterocycles. The van der Waals surface area contributed by atoms with Gasteiger partial charge in [0.05, 0.1) is 17.7 Å². The zero-order valence-electron chi connectivity index (χ0n) is 11.4. The summed E-state index contributed by atoms with van der Waals surface area (Å²) in [6.07, 6.45) is 0. The highest BCUT2D eigenvalue weighted by atomic mass is 32.1. The van der Waals surface area contributed by atoms with Gasteiger partial charge in [0.2, 0.25) is 0 Å². The lowest BCUT2D eigenvalue weighted by Gasteiger charge is -2.06. The van der Waals surface area contributed by atoms with E-state index in [2.05, 4.69) is 22.1 Å². The average Bonchev–Trinajstić information content (AvgIpc) is 2.85. The zero-order valence-corrected chi connectivity index (χ0v) is 12.2. The first-order chi connectivity index (χ1) is 9.61. The summed E-state index contributed by atoms with van der Waals surface area (Å²) in [5.74, 6) is 5.67. The summed E-state index contributed by atoms with van der Waals surface area (Å²) in [7, 11) is 0. The van der Waals surface area contributed by atoms with Crippen LogP contribution in [0.25, 0.3) is 0 Å². The second-order valence-electron chi connectivity index (χ2n) is 4.26. The molecule has 5 heteroatoms. The van der Waals surface area contributed by atoms with E-state index in [0.29, 0.717) is 11.4 Å². The van der Waals surface area contributed by atoms with Crippen LogP contribution in [0.2, 0.25) is 0 Å². The maximum Gasteiger partial charge on any atom is 0.267 e. The maximum atomic E-state index is 12.1. The third-order valence-corrected chi connectivity index (χ3v) is 3.70. The average molecular weight is 285 g/mol. The van der Waals surface area contributed by atoms with Crippen LogP contribution >= 0.6 is 11.3 Å². The highest BCUT2D eigenvalue weighted by molar-refractivity contribution is 7.12. The standard InChI is InChI=1S/C15H15N3OS/c1-10-5-6-13(8-12(10)4-3-7-16)18-15(19)14-11(2)17-9-20-14/h5-6,8-9H,7,16H2,1-2H3,(H,18,19). The Kier molecular flexibility index (Phi) is 4.51. The largest absolute Gasteiger partial charge is 0.321 e. The number of benzene rings is 1. The maximum absolute atomic E-state index is 12.1. The molecule has 0 atom stereocenters. The molecule has 0 aliphatic heterocycles. The number of aromatic nitrogens is 1. The molecule has 0 spiro atoms. The number of thiazole rings is 1. The Labute approximate surface area is 122 Å². The van der Waals surface area contributed by atoms with Crippen molar-refractivity contribution in [2.75, 3.05) is 11.9 Å². The second kappa shape index (κ2) is 6.33. The molecular weight excluding hydrogens is 270 g/mol. The number of nitrogens with zero attached hydrogens (tertiary/aromatic N) is 1. The fraction of sp³-hybridized carbons (Fsp3) is 0.200. The van der Waals surface area contributed by atoms with E-state index in [4.69, 9.17) is 5.73 Å². The Bertz CT molecular complexity index is 695. The molecule has 0 bridgehead atoms. The lowest BCUT2D eigenvalue weighted by Crippen LogP contribution is -2.11. The first-order valence-electron chi connectivity index (χ1n) is 6.13. The first kappa shape index (κ1) is 14.3. The van der Waals surface area contributed by atoms with Crippen molar-refractivity contribution in [3.05, 3.63) is 45.4 Å². The molecule has 3 N–H and O–H groups in total. The number of carbonyl (C=O) groups is 1. The third-order valence-electron chi connectivity index (χ3n) is 2.77. The molecule has 0 saturated heterocycles. The van der Waals surface area contributed by atoms with Gasteiger partial charge in [0, 0.05) is 11.3 Å². The van der Waals surface area contributed by atoms with Crippen molar-refractivity contribution in [3.8, 4) is 11.8 Å². The van der Waals surface area contributed by atoms with E-state index in [9.17, 15) is 4.79 Å². The van der Waals surface area contributed by atoms with Gasteiger partial charge in [0.25, 0.3) is 5.91 Å². The van der Waals surface area contributed by atoms with Crippen LogP contribution in [0.3, 0.4) is 0 Å². The topological polar surface area (TPSA) is 68.0 Å². The van der Waals surface area contributed by atoms with Crippen molar-refractivity contribution >= 4 is 22.9 Å². The van der Waals surface area contributed by atoms with Crippen LogP contribution in [0.4, 0.5) is 5.69 Å². The molecule has 102 valence electrons. The molecule has 20 heavy (non-hydrogen) atoms. The first-order valence-corrected chi connectivity index (χ1v) is 7.01. The predicted octanol–water partition coefficient (Wildman–Crippen LogP) is 2.32. The van der Waals surface area contributed by atoms with Gasteiger partial charge in [-0.1, -0.05) is 17.9 Å². The number of anilines is 1. The molecule has 0 unspecified atom stereocenters. The van der Waals surface area contributed by atoms with Gasteiger partial charge in [0.15, 0.2) is 0 Å². The van der Waals surface area contributed by atoms with Crippen LogP contribution in [0.1, 0.15) is 26.5 Å². The van der Waals surface area contributed by atoms with Gasteiger partial charge in [-0.05, 0) is 31.5 Å². The molecule has 1 heterocycles. The molecule has 0 saturated carbocycles. The number of rotatable bonds is 2. The summed E-state index contributed by atoms with van der Waals surface area (Å²) >= 11 is 1.33. The second-order valence-corrected chi connectivity index (χ2v) is 5.11. The van der Waals surface area contributed by atoms with Crippen molar-refractivity contribution in [3.63, 3.8) is 0 Å². The molecule has 4 nitrogen and oxygen atoms in total. The number of carbonyl (C=O) groups excluding carboxylic acids is 1. The fourth-order valence-electron chi connectivity index (χ4n) is 1.69. The quantitative estimate of drug-likeness (QED) is 0.832. The Morgan fingerprint density at radius 2 is 2.25 bits per heavy atom. The number of hydrogen-bond acceptors (Lipinski definition) is 4. The lowest BCUT2D eigenvalue weighted by molar-refractivity contribution is 0.103. The van der Waals surface area contributed by atoms with Gasteiger partial charge in [0.1, 0.15) is 4.88 Å². The van der Waals surface area contributed by atoms with Crippen LogP contribution in [0, 0.1) is 25.7 Å². The van der Waals surface area contributed by atoms with Crippen molar-refractivity contribution in [2.24, 2.45) is 5.73 Å². The van der Waals surface area contributed by atoms with E-state index in [0.717, 1.165) is 22.5 Å². The molecular formula is C15H15N3OS. The highest BCUT2D eigenvalue weighted by Gasteiger charge is 2.12. The smallest absolute Gasteiger partial charge is 0.267 e. The van der Waals surface area contributed by atoms with Crippen molar-refractivity contribution in [2.45, 2.75) is 13.8 Å². The van der Waals surface area contributed by atoms with Gasteiger partial charge >= 0.3 is 0 Å². The molecule has 1 aromatic carbocycles. The Morgan fingerprint density at radius 1 is 1.45 bits per heavy atom. The molecule has 0 fully saturated rings. The van der Waals surface area contributed by atoms with E-state index in [1.807, 2.05) is 32.0 Å². The Balaban J connectivity index is 2.22. The van der Waals surface area contributed by atoms with Crippen LogP contribution < -0.4 is 11.1 Å². The number of nitrogens with two attached hydrogens (primary N) is 1. The molecule has 0 aliphatic rings. The minimum atomic E-state index is -0.147. The summed E-state index contributed by atoms with van der Waals surface area (Å²) in [6, 6.07) is 5.64. The van der Waals surface area contributed by atoms with Crippen LogP contribution in [0.15, 0.2) is 23.7 Å². The van der Waals surface area contributed by atoms with E-state index < -0.39 is 0 Å². The molecule has 2 rings (SSSR count). The monoisotopic (exact) mass is 285 g/mol. The van der Waals surface area contributed by atoms with Crippen LogP contribution in [-0.2, 0) is 0 Å². The third kappa shape index (κ3) is 3.23. The number of amides is 1. The SMILES string of the molecule is Cc1ccc(NC(=O)c2scnc2C)cc1C#CCN. The predicted molar refractivity (Wildman–Crippen MR) is 81.9 cm³/mol. The summed E-state index contributed by atoms with van der Waals surface area (Å²) < 4.78 is 0. The summed E-state index contributed by atoms with van der Waals surface area (Å²) in [5.41, 5.74) is 10.4. The summed E-state index contributed by atoms with van der Waals surface area (Å²) in [5, 5.41) is 2.86. The van der Waals surface area contributed by atoms with Gasteiger partial charge in [-0.2, -0.15) is 0 Å². The summed E-state index contributed by atoms with van der Waals surface area (Å²) in [4.78, 5) is 16.8. The van der Waals surface area contributed by atoms with Crippen molar-refractivity contribution < 1.29 is 4.79 Å². The summed E-state index contributed by atoms with van der Waals surface area (Å²) in [6.45, 7) is 4.11. The van der Waals surface area contributed by atoms with E-state index in [1.165, 1.54) is 11.3 Å². The Morgan fingerprint density at radius 3 is 2.90 bits per heavy atom. The highest BCUT2D eigenvalue weighted by Crippen LogP contribution is 2.18. The van der Waals surface area contributed by atoms with Gasteiger partial charge in [-0.3, -0.25) is 4.79 Å². The van der Waals surface area contributed by atoms with E-state index in [1.54, 1.807) is 5.51 Å². The van der Waals surface area contributed by atoms with E-state index in [-0.39, 0.29) is 5.91 Å².